The molecule has 0 aromatic heterocycles. The number of alkyl halides is 1. The number of ketones is 1. The Morgan fingerprint density at radius 3 is 2.54 bits per heavy atom. The number of amides is 1. The van der Waals surface area contributed by atoms with Gasteiger partial charge in [-0.05, 0) is 31.0 Å². The molecule has 1 heterocycles. The van der Waals surface area contributed by atoms with E-state index in [9.17, 15) is 9.59 Å². The van der Waals surface area contributed by atoms with Crippen LogP contribution in [-0.2, 0) is 14.0 Å². The third-order valence-corrected chi connectivity index (χ3v) is 9.60. The van der Waals surface area contributed by atoms with Gasteiger partial charge in [-0.2, -0.15) is 0 Å². The van der Waals surface area contributed by atoms with Crippen LogP contribution in [0.1, 0.15) is 33.6 Å². The maximum atomic E-state index is 12.5. The number of ether oxygens (including phenoxy) is 1. The van der Waals surface area contributed by atoms with Crippen LogP contribution in [0.15, 0.2) is 12.7 Å². The quantitative estimate of drug-likeness (QED) is 0.383. The van der Waals surface area contributed by atoms with Gasteiger partial charge in [0.05, 0.1) is 11.9 Å². The summed E-state index contributed by atoms with van der Waals surface area (Å²) in [6.07, 6.45) is 1.94. The molecule has 1 amide bonds. The highest BCUT2D eigenvalue weighted by molar-refractivity contribution is 6.74. The van der Waals surface area contributed by atoms with Crippen molar-refractivity contribution in [2.75, 3.05) is 19.0 Å². The van der Waals surface area contributed by atoms with Gasteiger partial charge in [0.2, 0.25) is 0 Å². The van der Waals surface area contributed by atoms with Gasteiger partial charge in [0, 0.05) is 6.54 Å². The highest BCUT2D eigenvalue weighted by atomic mass is 35.5. The zero-order chi connectivity index (χ0) is 18.5. The maximum absolute atomic E-state index is 12.5. The average molecular weight is 376 g/mol. The molecule has 0 aromatic rings. The summed E-state index contributed by atoms with van der Waals surface area (Å²) in [5, 5.41) is -0.0371. The molecular weight excluding hydrogens is 346 g/mol. The maximum Gasteiger partial charge on any atom is 0.410 e. The zero-order valence-electron chi connectivity index (χ0n) is 15.4. The molecule has 1 aliphatic heterocycles. The van der Waals surface area contributed by atoms with Crippen molar-refractivity contribution in [1.82, 2.24) is 4.90 Å². The second-order valence-corrected chi connectivity index (χ2v) is 12.7. The first-order valence-corrected chi connectivity index (χ1v) is 11.8. The number of hydrogen-bond acceptors (Lipinski definition) is 4. The standard InChI is InChI=1S/C17H30ClNO4Si/c1-7-11-22-16(21)19-10-8-9-13(19)15(14(20)12-18)23-24(5,6)17(2,3)4/h7,13,15H,1,8-12H2,2-6H3/t13-,15?/m0/s1. The molecule has 0 spiro atoms. The monoisotopic (exact) mass is 375 g/mol. The molecule has 0 saturated carbocycles. The Hall–Kier alpha value is -0.853. The van der Waals surface area contributed by atoms with Crippen LogP contribution in [0.25, 0.3) is 0 Å². The summed E-state index contributed by atoms with van der Waals surface area (Å²) < 4.78 is 11.5. The second-order valence-electron chi connectivity index (χ2n) is 7.67. The Bertz CT molecular complexity index is 476. The van der Waals surface area contributed by atoms with Crippen molar-refractivity contribution < 1.29 is 18.8 Å². The van der Waals surface area contributed by atoms with E-state index in [1.807, 2.05) is 0 Å². The van der Waals surface area contributed by atoms with Crippen LogP contribution in [0.2, 0.25) is 18.1 Å². The Labute approximate surface area is 151 Å². The Morgan fingerprint density at radius 1 is 1.42 bits per heavy atom. The smallest absolute Gasteiger partial charge is 0.410 e. The SMILES string of the molecule is C=CCOC(=O)N1CCC[C@H]1C(O[Si](C)(C)C(C)(C)C)C(=O)CCl. The first kappa shape index (κ1) is 21.2. The fraction of sp³-hybridized carbons (Fsp3) is 0.765. The Balaban J connectivity index is 3.00. The molecule has 1 saturated heterocycles. The lowest BCUT2D eigenvalue weighted by atomic mass is 10.1. The Kier molecular flexibility index (Phi) is 7.50. The number of halogens is 1. The summed E-state index contributed by atoms with van der Waals surface area (Å²) >= 11 is 5.82. The molecule has 2 atom stereocenters. The molecule has 24 heavy (non-hydrogen) atoms. The predicted molar refractivity (Wildman–Crippen MR) is 99.1 cm³/mol. The van der Waals surface area contributed by atoms with E-state index in [0.29, 0.717) is 13.0 Å². The fourth-order valence-electron chi connectivity index (χ4n) is 2.48. The minimum absolute atomic E-state index is 0.0371. The average Bonchev–Trinajstić information content (AvgIpc) is 2.97. The summed E-state index contributed by atoms with van der Waals surface area (Å²) in [5.41, 5.74) is 0. The Morgan fingerprint density at radius 2 is 2.04 bits per heavy atom. The van der Waals surface area contributed by atoms with E-state index in [-0.39, 0.29) is 29.4 Å². The third-order valence-electron chi connectivity index (χ3n) is 4.88. The van der Waals surface area contributed by atoms with Gasteiger partial charge in [0.25, 0.3) is 0 Å². The number of rotatable bonds is 7. The van der Waals surface area contributed by atoms with Gasteiger partial charge in [-0.3, -0.25) is 4.79 Å². The lowest BCUT2D eigenvalue weighted by Crippen LogP contribution is -2.54. The topological polar surface area (TPSA) is 55.8 Å². The largest absolute Gasteiger partial charge is 0.445 e. The van der Waals surface area contributed by atoms with Crippen LogP contribution in [0.5, 0.6) is 0 Å². The minimum Gasteiger partial charge on any atom is -0.445 e. The van der Waals surface area contributed by atoms with Gasteiger partial charge in [0.1, 0.15) is 12.7 Å². The molecule has 1 fully saturated rings. The van der Waals surface area contributed by atoms with Crippen LogP contribution >= 0.6 is 11.6 Å². The molecule has 0 N–H and O–H groups in total. The van der Waals surface area contributed by atoms with Crippen molar-refractivity contribution in [1.29, 1.82) is 0 Å². The summed E-state index contributed by atoms with van der Waals surface area (Å²) in [6.45, 7) is 14.8. The van der Waals surface area contributed by atoms with Crippen LogP contribution < -0.4 is 0 Å². The number of carbonyl (C=O) groups is 2. The molecule has 0 radical (unpaired) electrons. The van der Waals surface area contributed by atoms with Gasteiger partial charge >= 0.3 is 6.09 Å². The molecule has 138 valence electrons. The van der Waals surface area contributed by atoms with Crippen molar-refractivity contribution in [2.24, 2.45) is 0 Å². The molecule has 1 rings (SSSR count). The van der Waals surface area contributed by atoms with Gasteiger partial charge in [-0.15, -0.1) is 11.6 Å². The van der Waals surface area contributed by atoms with Crippen LogP contribution in [0, 0.1) is 0 Å². The summed E-state index contributed by atoms with van der Waals surface area (Å²) in [7, 11) is -2.18. The van der Waals surface area contributed by atoms with Gasteiger partial charge < -0.3 is 14.1 Å². The number of hydrogen-bond donors (Lipinski definition) is 0. The van der Waals surface area contributed by atoms with Gasteiger partial charge in [0.15, 0.2) is 14.1 Å². The van der Waals surface area contributed by atoms with Crippen LogP contribution in [-0.4, -0.2) is 56.3 Å². The summed E-state index contributed by atoms with van der Waals surface area (Å²) in [5.74, 6) is -0.291. The van der Waals surface area contributed by atoms with E-state index in [2.05, 4.69) is 40.4 Å². The van der Waals surface area contributed by atoms with Gasteiger partial charge in [-0.25, -0.2) is 4.79 Å². The van der Waals surface area contributed by atoms with E-state index in [1.165, 1.54) is 6.08 Å². The van der Waals surface area contributed by atoms with E-state index < -0.39 is 20.5 Å². The fourth-order valence-corrected chi connectivity index (χ4v) is 3.91. The second kappa shape index (κ2) is 8.49. The lowest BCUT2D eigenvalue weighted by Gasteiger charge is -2.41. The van der Waals surface area contributed by atoms with E-state index in [4.69, 9.17) is 20.8 Å². The molecule has 1 aliphatic rings. The molecule has 0 aliphatic carbocycles. The van der Waals surface area contributed by atoms with Crippen molar-refractivity contribution >= 4 is 31.8 Å². The van der Waals surface area contributed by atoms with E-state index in [0.717, 1.165) is 6.42 Å². The van der Waals surface area contributed by atoms with E-state index in [1.54, 1.807) is 4.90 Å². The van der Waals surface area contributed by atoms with Crippen molar-refractivity contribution in [3.8, 4) is 0 Å². The number of carbonyl (C=O) groups excluding carboxylic acids is 2. The lowest BCUT2D eigenvalue weighted by molar-refractivity contribution is -0.126. The minimum atomic E-state index is -2.18. The zero-order valence-corrected chi connectivity index (χ0v) is 17.2. The van der Waals surface area contributed by atoms with Crippen molar-refractivity contribution in [2.45, 2.75) is 63.9 Å². The molecule has 0 aromatic carbocycles. The summed E-state index contributed by atoms with van der Waals surface area (Å²) in [4.78, 5) is 26.3. The van der Waals surface area contributed by atoms with Gasteiger partial charge in [-0.1, -0.05) is 33.4 Å². The molecule has 5 nitrogen and oxygen atoms in total. The predicted octanol–water partition coefficient (Wildman–Crippen LogP) is 3.97. The normalized spacial score (nSPS) is 19.9. The highest BCUT2D eigenvalue weighted by Crippen LogP contribution is 2.39. The first-order valence-electron chi connectivity index (χ1n) is 8.36. The number of likely N-dealkylation sites (tertiary alicyclic amines) is 1. The molecular formula is C17H30ClNO4Si. The molecule has 0 bridgehead atoms. The third kappa shape index (κ3) is 5.07. The van der Waals surface area contributed by atoms with Crippen LogP contribution in [0.3, 0.4) is 0 Å². The number of nitrogens with zero attached hydrogens (tertiary/aromatic N) is 1. The van der Waals surface area contributed by atoms with Crippen molar-refractivity contribution in [3.63, 3.8) is 0 Å². The number of Topliss-reactive ketones (excluding diaryl/α,β-unsaturated/α-hetero) is 1. The molecule has 1 unspecified atom stereocenters. The molecule has 7 heteroatoms. The summed E-state index contributed by atoms with van der Waals surface area (Å²) in [6, 6.07) is -0.317. The van der Waals surface area contributed by atoms with Crippen molar-refractivity contribution in [3.05, 3.63) is 12.7 Å². The first-order chi connectivity index (χ1) is 11.0. The highest BCUT2D eigenvalue weighted by Gasteiger charge is 2.46. The van der Waals surface area contributed by atoms with Crippen LogP contribution in [0.4, 0.5) is 4.79 Å². The van der Waals surface area contributed by atoms with E-state index >= 15 is 0 Å².